The molecule has 4 aromatic rings. The van der Waals surface area contributed by atoms with Crippen molar-refractivity contribution >= 4 is 21.6 Å². The Bertz CT molecular complexity index is 1240. The highest BCUT2D eigenvalue weighted by atomic mass is 32.1. The van der Waals surface area contributed by atoms with Crippen LogP contribution in [0.5, 0.6) is 0 Å². The Morgan fingerprint density at radius 2 is 1.90 bits per heavy atom. The fourth-order valence-electron chi connectivity index (χ4n) is 4.30. The average Bonchev–Trinajstić information content (AvgIpc) is 3.22. The second kappa shape index (κ2) is 8.17. The first kappa shape index (κ1) is 19.2. The first-order chi connectivity index (χ1) is 14.7. The molecule has 2 aromatic carbocycles. The molecule has 5 rings (SSSR count). The van der Waals surface area contributed by atoms with Gasteiger partial charge in [-0.25, -0.2) is 4.98 Å². The predicted octanol–water partition coefficient (Wildman–Crippen LogP) is 5.38. The van der Waals surface area contributed by atoms with Crippen LogP contribution in [0.1, 0.15) is 48.3 Å². The molecule has 0 unspecified atom stereocenters. The van der Waals surface area contributed by atoms with Crippen LogP contribution in [0.25, 0.3) is 21.3 Å². The van der Waals surface area contributed by atoms with Crippen molar-refractivity contribution in [3.8, 4) is 11.1 Å². The van der Waals surface area contributed by atoms with Crippen LogP contribution in [0.4, 0.5) is 0 Å². The standard InChI is InChI=1S/C25H25N3OS/c1-16(19-12-11-17-7-5-6-10-20(17)13-19)26-14-22-27-24(29)23-21(15-30-25(23)28-22)18-8-3-2-4-9-18/h2-4,8-9,11-13,15-16,26H,5-7,10,14H2,1H3,(H,27,28,29)/t16-/m0/s1. The molecule has 4 nitrogen and oxygen atoms in total. The molecule has 1 atom stereocenters. The second-order valence-electron chi connectivity index (χ2n) is 8.05. The van der Waals surface area contributed by atoms with Crippen molar-refractivity contribution in [3.05, 3.63) is 86.8 Å². The van der Waals surface area contributed by atoms with E-state index in [-0.39, 0.29) is 11.6 Å². The lowest BCUT2D eigenvalue weighted by molar-refractivity contribution is 0.558. The zero-order valence-corrected chi connectivity index (χ0v) is 17.9. The van der Waals surface area contributed by atoms with Crippen molar-refractivity contribution < 1.29 is 0 Å². The molecule has 1 aliphatic rings. The summed E-state index contributed by atoms with van der Waals surface area (Å²) >= 11 is 1.52. The van der Waals surface area contributed by atoms with Gasteiger partial charge in [-0.1, -0.05) is 48.5 Å². The number of nitrogens with one attached hydrogen (secondary N) is 2. The summed E-state index contributed by atoms with van der Waals surface area (Å²) in [6.07, 6.45) is 4.98. The summed E-state index contributed by atoms with van der Waals surface area (Å²) in [5, 5.41) is 6.23. The zero-order valence-electron chi connectivity index (χ0n) is 17.1. The van der Waals surface area contributed by atoms with Crippen LogP contribution in [0.2, 0.25) is 0 Å². The highest BCUT2D eigenvalue weighted by molar-refractivity contribution is 7.17. The Hall–Kier alpha value is -2.76. The van der Waals surface area contributed by atoms with Crippen molar-refractivity contribution in [2.75, 3.05) is 0 Å². The number of benzene rings is 2. The Morgan fingerprint density at radius 1 is 1.10 bits per heavy atom. The Morgan fingerprint density at radius 3 is 2.73 bits per heavy atom. The van der Waals surface area contributed by atoms with Gasteiger partial charge in [0.15, 0.2) is 0 Å². The molecule has 152 valence electrons. The number of nitrogens with zero attached hydrogens (tertiary/aromatic N) is 1. The molecule has 1 aliphatic carbocycles. The van der Waals surface area contributed by atoms with Crippen molar-refractivity contribution in [2.24, 2.45) is 0 Å². The largest absolute Gasteiger partial charge is 0.309 e. The number of thiophene rings is 1. The molecule has 0 spiro atoms. The minimum absolute atomic E-state index is 0.0710. The molecule has 0 fully saturated rings. The van der Waals surface area contributed by atoms with E-state index in [1.165, 1.54) is 53.7 Å². The summed E-state index contributed by atoms with van der Waals surface area (Å²) < 4.78 is 0. The number of hydrogen-bond donors (Lipinski definition) is 2. The second-order valence-corrected chi connectivity index (χ2v) is 8.90. The minimum Gasteiger partial charge on any atom is -0.309 e. The first-order valence-electron chi connectivity index (χ1n) is 10.6. The van der Waals surface area contributed by atoms with Crippen molar-refractivity contribution in [2.45, 2.75) is 45.2 Å². The third-order valence-corrected chi connectivity index (χ3v) is 6.90. The number of aromatic nitrogens is 2. The van der Waals surface area contributed by atoms with Crippen LogP contribution in [0.3, 0.4) is 0 Å². The predicted molar refractivity (Wildman–Crippen MR) is 124 cm³/mol. The lowest BCUT2D eigenvalue weighted by atomic mass is 9.89. The van der Waals surface area contributed by atoms with E-state index in [1.807, 2.05) is 35.7 Å². The molecule has 30 heavy (non-hydrogen) atoms. The molecule has 0 bridgehead atoms. The molecule has 0 amide bonds. The minimum atomic E-state index is -0.0710. The fraction of sp³-hybridized carbons (Fsp3) is 0.280. The van der Waals surface area contributed by atoms with E-state index >= 15 is 0 Å². The van der Waals surface area contributed by atoms with Crippen molar-refractivity contribution in [3.63, 3.8) is 0 Å². The Kier molecular flexibility index (Phi) is 5.23. The van der Waals surface area contributed by atoms with Gasteiger partial charge in [0, 0.05) is 17.0 Å². The van der Waals surface area contributed by atoms with Gasteiger partial charge >= 0.3 is 0 Å². The fourth-order valence-corrected chi connectivity index (χ4v) is 5.26. The topological polar surface area (TPSA) is 57.8 Å². The molecule has 0 radical (unpaired) electrons. The van der Waals surface area contributed by atoms with E-state index in [0.717, 1.165) is 16.0 Å². The summed E-state index contributed by atoms with van der Waals surface area (Å²) in [4.78, 5) is 21.3. The number of hydrogen-bond acceptors (Lipinski definition) is 4. The smallest absolute Gasteiger partial charge is 0.260 e. The molecule has 2 heterocycles. The zero-order chi connectivity index (χ0) is 20.5. The molecule has 0 aliphatic heterocycles. The molecule has 2 aromatic heterocycles. The van der Waals surface area contributed by atoms with Gasteiger partial charge in [-0.15, -0.1) is 11.3 Å². The van der Waals surface area contributed by atoms with E-state index in [0.29, 0.717) is 17.8 Å². The van der Waals surface area contributed by atoms with Crippen LogP contribution in [-0.2, 0) is 19.4 Å². The monoisotopic (exact) mass is 415 g/mol. The third-order valence-electron chi connectivity index (χ3n) is 6.03. The van der Waals surface area contributed by atoms with Crippen LogP contribution < -0.4 is 10.9 Å². The van der Waals surface area contributed by atoms with Crippen LogP contribution in [0.15, 0.2) is 58.7 Å². The molecule has 2 N–H and O–H groups in total. The SMILES string of the molecule is C[C@H](NCc1nc2scc(-c3ccccc3)c2c(=O)[nH]1)c1ccc2c(c1)CCCC2. The number of aryl methyl sites for hydroxylation is 2. The molecule has 5 heteroatoms. The number of aromatic amines is 1. The van der Waals surface area contributed by atoms with E-state index in [4.69, 9.17) is 4.98 Å². The molecular formula is C25H25N3OS. The van der Waals surface area contributed by atoms with Crippen LogP contribution in [0, 0.1) is 0 Å². The van der Waals surface area contributed by atoms with Gasteiger partial charge in [-0.3, -0.25) is 4.79 Å². The summed E-state index contributed by atoms with van der Waals surface area (Å²) in [6, 6.07) is 17.1. The molecule has 0 saturated carbocycles. The molecular weight excluding hydrogens is 390 g/mol. The summed E-state index contributed by atoms with van der Waals surface area (Å²) in [5.74, 6) is 0.679. The number of rotatable bonds is 5. The van der Waals surface area contributed by atoms with E-state index in [1.54, 1.807) is 0 Å². The summed E-state index contributed by atoms with van der Waals surface area (Å²) in [6.45, 7) is 2.70. The Labute approximate surface area is 180 Å². The van der Waals surface area contributed by atoms with Gasteiger partial charge < -0.3 is 10.3 Å². The van der Waals surface area contributed by atoms with Gasteiger partial charge in [0.05, 0.1) is 11.9 Å². The number of H-pyrrole nitrogens is 1. The maximum atomic E-state index is 12.8. The van der Waals surface area contributed by atoms with Gasteiger partial charge in [0.1, 0.15) is 10.7 Å². The Balaban J connectivity index is 1.35. The van der Waals surface area contributed by atoms with Crippen LogP contribution in [-0.4, -0.2) is 9.97 Å². The van der Waals surface area contributed by atoms with E-state index in [2.05, 4.69) is 35.4 Å². The number of fused-ring (bicyclic) bond motifs is 2. The van der Waals surface area contributed by atoms with E-state index in [9.17, 15) is 4.79 Å². The lowest BCUT2D eigenvalue weighted by Gasteiger charge is -2.20. The van der Waals surface area contributed by atoms with E-state index < -0.39 is 0 Å². The summed E-state index contributed by atoms with van der Waals surface area (Å²) in [7, 11) is 0. The maximum absolute atomic E-state index is 12.8. The highest BCUT2D eigenvalue weighted by Crippen LogP contribution is 2.30. The van der Waals surface area contributed by atoms with Gasteiger partial charge in [0.25, 0.3) is 5.56 Å². The third kappa shape index (κ3) is 3.71. The molecule has 0 saturated heterocycles. The maximum Gasteiger partial charge on any atom is 0.260 e. The average molecular weight is 416 g/mol. The lowest BCUT2D eigenvalue weighted by Crippen LogP contribution is -2.22. The van der Waals surface area contributed by atoms with Gasteiger partial charge in [-0.05, 0) is 54.9 Å². The quantitative estimate of drug-likeness (QED) is 0.460. The van der Waals surface area contributed by atoms with Gasteiger partial charge in [0.2, 0.25) is 0 Å². The summed E-state index contributed by atoms with van der Waals surface area (Å²) in [5.41, 5.74) is 6.21. The van der Waals surface area contributed by atoms with Crippen molar-refractivity contribution in [1.29, 1.82) is 0 Å². The first-order valence-corrected chi connectivity index (χ1v) is 11.5. The normalized spacial score (nSPS) is 14.6. The van der Waals surface area contributed by atoms with Crippen LogP contribution >= 0.6 is 11.3 Å². The van der Waals surface area contributed by atoms with Crippen molar-refractivity contribution in [1.82, 2.24) is 15.3 Å². The highest BCUT2D eigenvalue weighted by Gasteiger charge is 2.15. The van der Waals surface area contributed by atoms with Gasteiger partial charge in [-0.2, -0.15) is 0 Å².